The molecule has 0 saturated carbocycles. The van der Waals surface area contributed by atoms with E-state index in [-0.39, 0.29) is 50.2 Å². The van der Waals surface area contributed by atoms with E-state index in [1.165, 1.54) is 5.56 Å². The van der Waals surface area contributed by atoms with E-state index in [2.05, 4.69) is 52.0 Å². The van der Waals surface area contributed by atoms with Gasteiger partial charge in [-0.3, -0.25) is 0 Å². The van der Waals surface area contributed by atoms with Gasteiger partial charge in [-0.1, -0.05) is 76.2 Å². The molecule has 3 atom stereocenters. The summed E-state index contributed by atoms with van der Waals surface area (Å²) in [5, 5.41) is 20.6. The zero-order valence-electron chi connectivity index (χ0n) is 30.4. The molecule has 0 radical (unpaired) electrons. The molecule has 0 bridgehead atoms. The SMILES string of the molecule is CCOCOCC(O)COc1ccc(C(C)(C)c2ccc(OCC(O)COc3ccc(C(C)(C)c4ccc(OCC5CO5)cc4)cc3)cc2)cc1. The van der Waals surface area contributed by atoms with Gasteiger partial charge in [-0.15, -0.1) is 0 Å². The van der Waals surface area contributed by atoms with Gasteiger partial charge in [-0.2, -0.15) is 0 Å². The molecule has 4 aromatic carbocycles. The number of hydrogen-bond acceptors (Lipinski definition) is 9. The molecule has 0 amide bonds. The second-order valence-electron chi connectivity index (χ2n) is 13.8. The third-order valence-electron chi connectivity index (χ3n) is 9.15. The second-order valence-corrected chi connectivity index (χ2v) is 13.8. The molecule has 9 nitrogen and oxygen atoms in total. The summed E-state index contributed by atoms with van der Waals surface area (Å²) in [5.41, 5.74) is 4.10. The molecular formula is C42H52O9. The Morgan fingerprint density at radius 1 is 0.549 bits per heavy atom. The summed E-state index contributed by atoms with van der Waals surface area (Å²) in [6.45, 7) is 13.2. The van der Waals surface area contributed by atoms with Gasteiger partial charge >= 0.3 is 0 Å². The summed E-state index contributed by atoms with van der Waals surface area (Å²) in [6, 6.07) is 32.0. The average molecular weight is 701 g/mol. The van der Waals surface area contributed by atoms with Crippen LogP contribution in [-0.2, 0) is 25.0 Å². The molecule has 0 aromatic heterocycles. The van der Waals surface area contributed by atoms with Crippen molar-refractivity contribution in [3.63, 3.8) is 0 Å². The third-order valence-corrected chi connectivity index (χ3v) is 9.15. The van der Waals surface area contributed by atoms with Crippen LogP contribution in [0.5, 0.6) is 23.0 Å². The predicted octanol–water partition coefficient (Wildman–Crippen LogP) is 6.69. The smallest absolute Gasteiger partial charge is 0.146 e. The number of aliphatic hydroxyl groups is 2. The van der Waals surface area contributed by atoms with Gasteiger partial charge in [-0.25, -0.2) is 0 Å². The lowest BCUT2D eigenvalue weighted by Crippen LogP contribution is -2.25. The van der Waals surface area contributed by atoms with Crippen LogP contribution in [0.1, 0.15) is 56.9 Å². The van der Waals surface area contributed by atoms with Crippen molar-refractivity contribution in [2.75, 3.05) is 53.0 Å². The van der Waals surface area contributed by atoms with Crippen LogP contribution in [0, 0.1) is 0 Å². The van der Waals surface area contributed by atoms with Gasteiger partial charge in [0.05, 0.1) is 13.2 Å². The number of ether oxygens (including phenoxy) is 7. The Labute approximate surface area is 302 Å². The Hall–Kier alpha value is -4.12. The van der Waals surface area contributed by atoms with E-state index >= 15 is 0 Å². The Kier molecular flexibility index (Phi) is 13.4. The van der Waals surface area contributed by atoms with Gasteiger partial charge in [0.2, 0.25) is 0 Å². The molecule has 1 aliphatic heterocycles. The van der Waals surface area contributed by atoms with Crippen LogP contribution >= 0.6 is 0 Å². The van der Waals surface area contributed by atoms with Crippen LogP contribution < -0.4 is 18.9 Å². The standard InChI is InChI=1S/C42H52O9/c1-6-45-29-46-23-34(43)24-47-36-15-7-30(8-16-36)41(2,3)31-9-17-37(18-10-31)48-25-35(44)26-49-38-19-11-32(12-20-38)42(4,5)33-13-21-39(22-14-33)50-27-40-28-51-40/h7-22,34-35,40,43-44H,6,23-29H2,1-5H3. The molecule has 2 N–H and O–H groups in total. The van der Waals surface area contributed by atoms with E-state index in [0.717, 1.165) is 29.0 Å². The molecule has 5 rings (SSSR count). The molecule has 9 heteroatoms. The van der Waals surface area contributed by atoms with Crippen molar-refractivity contribution in [3.05, 3.63) is 119 Å². The highest BCUT2D eigenvalue weighted by atomic mass is 16.7. The van der Waals surface area contributed by atoms with Gasteiger partial charge in [-0.05, 0) is 77.7 Å². The number of hydrogen-bond donors (Lipinski definition) is 2. The number of aliphatic hydroxyl groups excluding tert-OH is 2. The van der Waals surface area contributed by atoms with Crippen LogP contribution in [0.3, 0.4) is 0 Å². The monoisotopic (exact) mass is 700 g/mol. The number of rotatable bonds is 21. The minimum atomic E-state index is -0.797. The average Bonchev–Trinajstić information content (AvgIpc) is 3.99. The number of epoxide rings is 1. The van der Waals surface area contributed by atoms with E-state index in [1.807, 2.05) is 79.7 Å². The Morgan fingerprint density at radius 2 is 0.882 bits per heavy atom. The highest BCUT2D eigenvalue weighted by Gasteiger charge is 2.26. The molecular weight excluding hydrogens is 648 g/mol. The molecule has 51 heavy (non-hydrogen) atoms. The molecule has 0 aliphatic carbocycles. The topological polar surface area (TPSA) is 108 Å². The summed E-state index contributed by atoms with van der Waals surface area (Å²) in [6.07, 6.45) is -1.30. The first-order valence-electron chi connectivity index (χ1n) is 17.6. The molecule has 1 saturated heterocycles. The summed E-state index contributed by atoms with van der Waals surface area (Å²) in [7, 11) is 0. The van der Waals surface area contributed by atoms with Crippen molar-refractivity contribution in [2.45, 2.75) is 63.8 Å². The van der Waals surface area contributed by atoms with E-state index in [1.54, 1.807) is 0 Å². The molecule has 4 aromatic rings. The van der Waals surface area contributed by atoms with Gasteiger partial charge in [0.1, 0.15) is 74.5 Å². The zero-order chi connectivity index (χ0) is 36.3. The van der Waals surface area contributed by atoms with Crippen LogP contribution in [-0.4, -0.2) is 81.6 Å². The fourth-order valence-corrected chi connectivity index (χ4v) is 5.56. The summed E-state index contributed by atoms with van der Waals surface area (Å²) >= 11 is 0. The van der Waals surface area contributed by atoms with Crippen molar-refractivity contribution >= 4 is 0 Å². The fourth-order valence-electron chi connectivity index (χ4n) is 5.56. The zero-order valence-corrected chi connectivity index (χ0v) is 30.4. The van der Waals surface area contributed by atoms with Crippen LogP contribution in [0.2, 0.25) is 0 Å². The van der Waals surface area contributed by atoms with E-state index in [4.69, 9.17) is 33.2 Å². The molecule has 1 fully saturated rings. The summed E-state index contributed by atoms with van der Waals surface area (Å²) in [5.74, 6) is 2.88. The predicted molar refractivity (Wildman–Crippen MR) is 196 cm³/mol. The molecule has 0 spiro atoms. The molecule has 1 heterocycles. The van der Waals surface area contributed by atoms with Gasteiger partial charge in [0, 0.05) is 17.4 Å². The highest BCUT2D eigenvalue weighted by Crippen LogP contribution is 2.35. The van der Waals surface area contributed by atoms with Crippen molar-refractivity contribution in [1.82, 2.24) is 0 Å². The van der Waals surface area contributed by atoms with Crippen molar-refractivity contribution in [1.29, 1.82) is 0 Å². The first kappa shape index (κ1) is 38.1. The van der Waals surface area contributed by atoms with E-state index < -0.39 is 12.2 Å². The van der Waals surface area contributed by atoms with E-state index in [9.17, 15) is 10.2 Å². The van der Waals surface area contributed by atoms with Gasteiger partial charge in [0.25, 0.3) is 0 Å². The van der Waals surface area contributed by atoms with Crippen LogP contribution in [0.15, 0.2) is 97.1 Å². The van der Waals surface area contributed by atoms with Gasteiger partial charge < -0.3 is 43.4 Å². The van der Waals surface area contributed by atoms with Crippen molar-refractivity contribution in [2.24, 2.45) is 0 Å². The highest BCUT2D eigenvalue weighted by molar-refractivity contribution is 5.43. The lowest BCUT2D eigenvalue weighted by molar-refractivity contribution is -0.0811. The number of benzene rings is 4. The maximum Gasteiger partial charge on any atom is 0.146 e. The lowest BCUT2D eigenvalue weighted by atomic mass is 9.78. The minimum Gasteiger partial charge on any atom is -0.491 e. The molecule has 1 aliphatic rings. The summed E-state index contributed by atoms with van der Waals surface area (Å²) < 4.78 is 38.8. The van der Waals surface area contributed by atoms with E-state index in [0.29, 0.717) is 30.5 Å². The lowest BCUT2D eigenvalue weighted by Gasteiger charge is -2.27. The first-order valence-corrected chi connectivity index (χ1v) is 17.6. The molecule has 274 valence electrons. The van der Waals surface area contributed by atoms with Gasteiger partial charge in [0.15, 0.2) is 0 Å². The quantitative estimate of drug-likeness (QED) is 0.0559. The van der Waals surface area contributed by atoms with Crippen LogP contribution in [0.25, 0.3) is 0 Å². The Bertz CT molecular complexity index is 1600. The maximum atomic E-state index is 10.6. The van der Waals surface area contributed by atoms with Crippen molar-refractivity contribution < 1.29 is 43.4 Å². The Morgan fingerprint density at radius 3 is 1.22 bits per heavy atom. The molecule has 3 unspecified atom stereocenters. The minimum absolute atomic E-state index is 0.107. The normalized spacial score (nSPS) is 15.5. The van der Waals surface area contributed by atoms with Crippen LogP contribution in [0.4, 0.5) is 0 Å². The Balaban J connectivity index is 1.04. The largest absolute Gasteiger partial charge is 0.491 e. The first-order chi connectivity index (χ1) is 24.5. The fraction of sp³-hybridized carbons (Fsp3) is 0.429. The maximum absolute atomic E-state index is 10.6. The third kappa shape index (κ3) is 11.2. The second kappa shape index (κ2) is 17.9. The summed E-state index contributed by atoms with van der Waals surface area (Å²) in [4.78, 5) is 0. The van der Waals surface area contributed by atoms with Crippen molar-refractivity contribution in [3.8, 4) is 23.0 Å².